The zero-order valence-corrected chi connectivity index (χ0v) is 11.1. The van der Waals surface area contributed by atoms with Gasteiger partial charge in [0.15, 0.2) is 0 Å². The van der Waals surface area contributed by atoms with E-state index in [2.05, 4.69) is 10.4 Å². The largest absolute Gasteiger partial charge is 0.396 e. The van der Waals surface area contributed by atoms with Crippen molar-refractivity contribution in [3.05, 3.63) is 48.3 Å². The predicted molar refractivity (Wildman–Crippen MR) is 74.7 cm³/mol. The summed E-state index contributed by atoms with van der Waals surface area (Å²) in [6, 6.07) is 9.65. The van der Waals surface area contributed by atoms with Crippen LogP contribution in [0.5, 0.6) is 0 Å². The van der Waals surface area contributed by atoms with Crippen molar-refractivity contribution in [2.75, 3.05) is 13.2 Å². The second-order valence-corrected chi connectivity index (χ2v) is 5.35. The lowest BCUT2D eigenvalue weighted by molar-refractivity contribution is 0.0935. The maximum atomic E-state index is 12.0. The van der Waals surface area contributed by atoms with Crippen molar-refractivity contribution >= 4 is 5.91 Å². The molecule has 5 nitrogen and oxygen atoms in total. The molecular formula is C15H17N3O2. The lowest BCUT2D eigenvalue weighted by Gasteiger charge is -2.11. The fourth-order valence-electron chi connectivity index (χ4n) is 2.10. The molecule has 1 saturated carbocycles. The number of nitrogens with zero attached hydrogens (tertiary/aromatic N) is 2. The van der Waals surface area contributed by atoms with Gasteiger partial charge in [-0.3, -0.25) is 4.79 Å². The Morgan fingerprint density at radius 2 is 2.10 bits per heavy atom. The van der Waals surface area contributed by atoms with E-state index < -0.39 is 0 Å². The topological polar surface area (TPSA) is 67.2 Å². The van der Waals surface area contributed by atoms with Crippen LogP contribution in [-0.2, 0) is 0 Å². The summed E-state index contributed by atoms with van der Waals surface area (Å²) in [5.74, 6) is -0.146. The van der Waals surface area contributed by atoms with Crippen LogP contribution >= 0.6 is 0 Å². The first-order valence-electron chi connectivity index (χ1n) is 6.72. The molecule has 1 aliphatic rings. The highest BCUT2D eigenvalue weighted by Gasteiger charge is 2.42. The van der Waals surface area contributed by atoms with Crippen molar-refractivity contribution in [3.8, 4) is 5.69 Å². The number of amides is 1. The van der Waals surface area contributed by atoms with Crippen LogP contribution in [0.15, 0.2) is 42.7 Å². The normalized spacial score (nSPS) is 15.8. The summed E-state index contributed by atoms with van der Waals surface area (Å²) in [7, 11) is 0. The predicted octanol–water partition coefficient (Wildman–Crippen LogP) is 1.37. The molecule has 0 spiro atoms. The number of para-hydroxylation sites is 1. The molecule has 104 valence electrons. The first-order chi connectivity index (χ1) is 9.72. The van der Waals surface area contributed by atoms with Crippen LogP contribution in [0.3, 0.4) is 0 Å². The quantitative estimate of drug-likeness (QED) is 0.863. The first kappa shape index (κ1) is 12.9. The van der Waals surface area contributed by atoms with Crippen LogP contribution < -0.4 is 5.32 Å². The number of nitrogens with one attached hydrogen (secondary N) is 1. The SMILES string of the molecule is O=C(NCC1(CO)CC1)c1cnn(-c2ccccc2)c1. The zero-order valence-electron chi connectivity index (χ0n) is 11.1. The summed E-state index contributed by atoms with van der Waals surface area (Å²) >= 11 is 0. The lowest BCUT2D eigenvalue weighted by Crippen LogP contribution is -2.31. The Kier molecular flexibility index (Phi) is 3.28. The van der Waals surface area contributed by atoms with E-state index in [0.29, 0.717) is 12.1 Å². The van der Waals surface area contributed by atoms with Crippen molar-refractivity contribution in [1.29, 1.82) is 0 Å². The fourth-order valence-corrected chi connectivity index (χ4v) is 2.10. The molecule has 1 fully saturated rings. The van der Waals surface area contributed by atoms with Gasteiger partial charge in [0.2, 0.25) is 0 Å². The average molecular weight is 271 g/mol. The molecule has 1 aromatic heterocycles. The minimum absolute atomic E-state index is 0.0783. The molecule has 3 rings (SSSR count). The molecule has 0 radical (unpaired) electrons. The molecule has 2 N–H and O–H groups in total. The molecule has 1 aromatic carbocycles. The highest BCUT2D eigenvalue weighted by atomic mass is 16.3. The Balaban J connectivity index is 1.66. The van der Waals surface area contributed by atoms with Gasteiger partial charge < -0.3 is 10.4 Å². The highest BCUT2D eigenvalue weighted by molar-refractivity contribution is 5.93. The molecule has 1 amide bonds. The fraction of sp³-hybridized carbons (Fsp3) is 0.333. The number of aliphatic hydroxyl groups excluding tert-OH is 1. The number of hydrogen-bond acceptors (Lipinski definition) is 3. The summed E-state index contributed by atoms with van der Waals surface area (Å²) in [6.07, 6.45) is 5.23. The highest BCUT2D eigenvalue weighted by Crippen LogP contribution is 2.44. The Bertz CT molecular complexity index is 603. The Labute approximate surface area is 117 Å². The van der Waals surface area contributed by atoms with E-state index in [-0.39, 0.29) is 17.9 Å². The van der Waals surface area contributed by atoms with Crippen molar-refractivity contribution < 1.29 is 9.90 Å². The third-order valence-corrected chi connectivity index (χ3v) is 3.78. The van der Waals surface area contributed by atoms with Crippen LogP contribution in [0.4, 0.5) is 0 Å². The van der Waals surface area contributed by atoms with E-state index in [9.17, 15) is 9.90 Å². The number of rotatable bonds is 5. The monoisotopic (exact) mass is 271 g/mol. The maximum absolute atomic E-state index is 12.0. The van der Waals surface area contributed by atoms with Crippen molar-refractivity contribution in [2.45, 2.75) is 12.8 Å². The number of aromatic nitrogens is 2. The molecular weight excluding hydrogens is 254 g/mol. The third kappa shape index (κ3) is 2.58. The van der Waals surface area contributed by atoms with Crippen LogP contribution in [0.1, 0.15) is 23.2 Å². The summed E-state index contributed by atoms with van der Waals surface area (Å²) in [4.78, 5) is 12.0. The van der Waals surface area contributed by atoms with E-state index in [1.807, 2.05) is 30.3 Å². The molecule has 0 unspecified atom stereocenters. The minimum atomic E-state index is -0.146. The van der Waals surface area contributed by atoms with E-state index >= 15 is 0 Å². The number of benzene rings is 1. The molecule has 0 bridgehead atoms. The van der Waals surface area contributed by atoms with Crippen molar-refractivity contribution in [3.63, 3.8) is 0 Å². The van der Waals surface area contributed by atoms with E-state index in [0.717, 1.165) is 18.5 Å². The average Bonchev–Trinajstić information content (AvgIpc) is 3.12. The van der Waals surface area contributed by atoms with Gasteiger partial charge in [0, 0.05) is 18.2 Å². The maximum Gasteiger partial charge on any atom is 0.254 e. The molecule has 2 aromatic rings. The molecule has 0 saturated heterocycles. The smallest absolute Gasteiger partial charge is 0.254 e. The Morgan fingerprint density at radius 1 is 1.35 bits per heavy atom. The Morgan fingerprint density at radius 3 is 2.75 bits per heavy atom. The van der Waals surface area contributed by atoms with Crippen LogP contribution in [0, 0.1) is 5.41 Å². The summed E-state index contributed by atoms with van der Waals surface area (Å²) in [5.41, 5.74) is 1.37. The van der Waals surface area contributed by atoms with Crippen LogP contribution in [-0.4, -0.2) is 33.9 Å². The van der Waals surface area contributed by atoms with E-state index in [1.54, 1.807) is 17.1 Å². The molecule has 0 atom stereocenters. The van der Waals surface area contributed by atoms with Gasteiger partial charge in [-0.2, -0.15) is 5.10 Å². The standard InChI is InChI=1S/C15H17N3O2/c19-11-15(6-7-15)10-16-14(20)12-8-17-18(9-12)13-4-2-1-3-5-13/h1-5,8-9,19H,6-7,10-11H2,(H,16,20). The molecule has 1 heterocycles. The summed E-state index contributed by atoms with van der Waals surface area (Å²) in [5, 5.41) is 16.3. The Hall–Kier alpha value is -2.14. The van der Waals surface area contributed by atoms with Gasteiger partial charge in [-0.05, 0) is 25.0 Å². The third-order valence-electron chi connectivity index (χ3n) is 3.78. The van der Waals surface area contributed by atoms with Gasteiger partial charge in [0.25, 0.3) is 5.91 Å². The zero-order chi connectivity index (χ0) is 14.0. The molecule has 20 heavy (non-hydrogen) atoms. The second kappa shape index (κ2) is 5.09. The van der Waals surface area contributed by atoms with Gasteiger partial charge in [0.05, 0.1) is 24.1 Å². The van der Waals surface area contributed by atoms with Crippen LogP contribution in [0.25, 0.3) is 5.69 Å². The van der Waals surface area contributed by atoms with Gasteiger partial charge in [-0.25, -0.2) is 4.68 Å². The summed E-state index contributed by atoms with van der Waals surface area (Å²) < 4.78 is 1.67. The number of carbonyl (C=O) groups excluding carboxylic acids is 1. The van der Waals surface area contributed by atoms with E-state index in [4.69, 9.17) is 0 Å². The molecule has 0 aliphatic heterocycles. The van der Waals surface area contributed by atoms with Crippen molar-refractivity contribution in [1.82, 2.24) is 15.1 Å². The van der Waals surface area contributed by atoms with Crippen LogP contribution in [0.2, 0.25) is 0 Å². The molecule has 1 aliphatic carbocycles. The van der Waals surface area contributed by atoms with Crippen molar-refractivity contribution in [2.24, 2.45) is 5.41 Å². The number of hydrogen-bond donors (Lipinski definition) is 2. The summed E-state index contributed by atoms with van der Waals surface area (Å²) in [6.45, 7) is 0.662. The van der Waals surface area contributed by atoms with Gasteiger partial charge in [-0.15, -0.1) is 0 Å². The van der Waals surface area contributed by atoms with Gasteiger partial charge in [-0.1, -0.05) is 18.2 Å². The first-order valence-corrected chi connectivity index (χ1v) is 6.72. The lowest BCUT2D eigenvalue weighted by atomic mass is 10.1. The van der Waals surface area contributed by atoms with Gasteiger partial charge >= 0.3 is 0 Å². The molecule has 5 heteroatoms. The van der Waals surface area contributed by atoms with E-state index in [1.165, 1.54) is 0 Å². The number of carbonyl (C=O) groups is 1. The number of aliphatic hydroxyl groups is 1. The second-order valence-electron chi connectivity index (χ2n) is 5.35. The minimum Gasteiger partial charge on any atom is -0.396 e. The van der Waals surface area contributed by atoms with Gasteiger partial charge in [0.1, 0.15) is 0 Å².